The van der Waals surface area contributed by atoms with Gasteiger partial charge in [-0.1, -0.05) is 116 Å². The summed E-state index contributed by atoms with van der Waals surface area (Å²) in [5, 5.41) is 0.689. The molecule has 2 heterocycles. The topological polar surface area (TPSA) is 20.3 Å². The number of Topliss-reactive ketones (excluding diaryl/α,β-unsaturated/α-hetero) is 1. The monoisotopic (exact) mass is 541 g/mol. The minimum Gasteiger partial charge on any atom is -0.360 e. The summed E-state index contributed by atoms with van der Waals surface area (Å²) in [5.74, 6) is -0.268. The summed E-state index contributed by atoms with van der Waals surface area (Å²) in [6, 6.07) is 35.2. The van der Waals surface area contributed by atoms with E-state index in [1.165, 1.54) is 16.8 Å². The van der Waals surface area contributed by atoms with E-state index in [0.29, 0.717) is 5.02 Å². The number of anilines is 1. The molecule has 2 nitrogen and oxygen atoms in total. The lowest BCUT2D eigenvalue weighted by molar-refractivity contribution is 0.0882. The summed E-state index contributed by atoms with van der Waals surface area (Å²) >= 11 is 6.36. The van der Waals surface area contributed by atoms with Crippen molar-refractivity contribution < 1.29 is 4.79 Å². The second-order valence-electron chi connectivity index (χ2n) is 11.8. The molecule has 2 atom stereocenters. The van der Waals surface area contributed by atoms with Gasteiger partial charge in [0.15, 0.2) is 5.78 Å². The average Bonchev–Trinajstić information content (AvgIpc) is 3.18. The van der Waals surface area contributed by atoms with Gasteiger partial charge in [0.2, 0.25) is 0 Å². The molecular weight excluding hydrogens is 510 g/mol. The highest BCUT2D eigenvalue weighted by molar-refractivity contribution is 6.30. The molecule has 3 heteroatoms. The third-order valence-corrected chi connectivity index (χ3v) is 9.63. The highest BCUT2D eigenvalue weighted by Crippen LogP contribution is 2.62. The Morgan fingerprint density at radius 2 is 1.52 bits per heavy atom. The van der Waals surface area contributed by atoms with Gasteiger partial charge in [-0.25, -0.2) is 0 Å². The normalized spacial score (nSPS) is 22.5. The minimum absolute atomic E-state index is 0.151. The van der Waals surface area contributed by atoms with E-state index in [9.17, 15) is 4.79 Å². The number of para-hydroxylation sites is 1. The van der Waals surface area contributed by atoms with E-state index in [4.69, 9.17) is 11.6 Å². The summed E-state index contributed by atoms with van der Waals surface area (Å²) in [6.07, 6.45) is 6.81. The number of benzene rings is 4. The maximum Gasteiger partial charge on any atom is 0.173 e. The van der Waals surface area contributed by atoms with Crippen molar-refractivity contribution in [3.63, 3.8) is 0 Å². The molecule has 198 valence electrons. The molecule has 2 aliphatic heterocycles. The number of ketones is 1. The molecule has 0 N–H and O–H groups in total. The molecule has 0 saturated heterocycles. The highest BCUT2D eigenvalue weighted by Gasteiger charge is 2.63. The Labute approximate surface area is 241 Å². The first kappa shape index (κ1) is 25.1. The number of allylic oxidation sites excluding steroid dienone is 2. The van der Waals surface area contributed by atoms with Crippen LogP contribution in [-0.2, 0) is 11.8 Å². The number of nitrogens with zero attached hydrogens (tertiary/aromatic N) is 1. The predicted octanol–water partition coefficient (Wildman–Crippen LogP) is 8.80. The third-order valence-electron chi connectivity index (χ3n) is 9.38. The average molecular weight is 542 g/mol. The molecule has 1 aliphatic carbocycles. The summed E-state index contributed by atoms with van der Waals surface area (Å²) in [4.78, 5) is 17.5. The Kier molecular flexibility index (Phi) is 5.87. The van der Waals surface area contributed by atoms with Gasteiger partial charge < -0.3 is 4.90 Å². The van der Waals surface area contributed by atoms with Crippen LogP contribution >= 0.6 is 11.6 Å². The number of aryl methyl sites for hydroxylation is 1. The smallest absolute Gasteiger partial charge is 0.173 e. The van der Waals surface area contributed by atoms with Crippen LogP contribution in [-0.4, -0.2) is 17.9 Å². The van der Waals surface area contributed by atoms with Crippen LogP contribution in [0.5, 0.6) is 0 Å². The fourth-order valence-corrected chi connectivity index (χ4v) is 7.63. The third kappa shape index (κ3) is 3.59. The van der Waals surface area contributed by atoms with E-state index < -0.39 is 11.5 Å². The first-order valence-electron chi connectivity index (χ1n) is 14.2. The van der Waals surface area contributed by atoms with Crippen LogP contribution in [0.15, 0.2) is 115 Å². The Morgan fingerprint density at radius 3 is 2.25 bits per heavy atom. The Morgan fingerprint density at radius 1 is 0.825 bits per heavy atom. The van der Waals surface area contributed by atoms with Crippen molar-refractivity contribution in [2.45, 2.75) is 37.6 Å². The molecule has 3 aliphatic rings. The van der Waals surface area contributed by atoms with Crippen LogP contribution in [0, 0.1) is 5.92 Å². The zero-order valence-electron chi connectivity index (χ0n) is 22.9. The van der Waals surface area contributed by atoms with Gasteiger partial charge in [-0.3, -0.25) is 4.79 Å². The molecule has 0 unspecified atom stereocenters. The number of fused-ring (bicyclic) bond motifs is 1. The fraction of sp³-hybridized carbons (Fsp3) is 0.216. The molecule has 7 rings (SSSR count). The van der Waals surface area contributed by atoms with Gasteiger partial charge in [-0.05, 0) is 70.5 Å². The van der Waals surface area contributed by atoms with E-state index in [0.717, 1.165) is 47.2 Å². The van der Waals surface area contributed by atoms with Crippen molar-refractivity contribution in [3.05, 3.63) is 148 Å². The molecule has 1 spiro atoms. The van der Waals surface area contributed by atoms with Gasteiger partial charge in [-0.15, -0.1) is 0 Å². The van der Waals surface area contributed by atoms with E-state index in [2.05, 4.69) is 91.6 Å². The second kappa shape index (κ2) is 9.35. The maximum absolute atomic E-state index is 14.9. The van der Waals surface area contributed by atoms with Crippen molar-refractivity contribution in [2.24, 2.45) is 5.92 Å². The minimum atomic E-state index is -0.603. The van der Waals surface area contributed by atoms with Gasteiger partial charge >= 0.3 is 0 Å². The standard InChI is InChI=1S/C37H32ClNO/c1-36(2)32-17-9-15-27-16-10-22-39(34(27)32)37(36)24-29(25-11-5-3-6-12-25)23-31(26-18-20-30(38)21-19-26)33(37)35(40)28-13-7-4-8-14-28/h3-9,11-15,17-21,23-24,33H,10,16,22H2,1-2H3/t33-,37-/m0/s1. The molecule has 0 bridgehead atoms. The number of carbonyl (C=O) groups is 1. The number of halogens is 1. The van der Waals surface area contributed by atoms with Crippen LogP contribution in [0.3, 0.4) is 0 Å². The van der Waals surface area contributed by atoms with Crippen molar-refractivity contribution in [2.75, 3.05) is 11.4 Å². The molecule has 0 amide bonds. The zero-order chi connectivity index (χ0) is 27.5. The molecule has 0 radical (unpaired) electrons. The van der Waals surface area contributed by atoms with Gasteiger partial charge in [0.25, 0.3) is 0 Å². The maximum atomic E-state index is 14.9. The highest BCUT2D eigenvalue weighted by atomic mass is 35.5. The van der Waals surface area contributed by atoms with E-state index in [1.807, 2.05) is 42.5 Å². The summed E-state index contributed by atoms with van der Waals surface area (Å²) in [7, 11) is 0. The van der Waals surface area contributed by atoms with Crippen LogP contribution in [0.1, 0.15) is 52.9 Å². The van der Waals surface area contributed by atoms with E-state index >= 15 is 0 Å². The van der Waals surface area contributed by atoms with Gasteiger partial charge in [-0.2, -0.15) is 0 Å². The summed E-state index contributed by atoms with van der Waals surface area (Å²) < 4.78 is 0. The van der Waals surface area contributed by atoms with E-state index in [-0.39, 0.29) is 11.2 Å². The molecular formula is C37H32ClNO. The van der Waals surface area contributed by atoms with E-state index in [1.54, 1.807) is 0 Å². The first-order valence-corrected chi connectivity index (χ1v) is 14.5. The molecule has 0 aromatic heterocycles. The summed E-state index contributed by atoms with van der Waals surface area (Å²) in [5.41, 5.74) is 8.21. The Balaban J connectivity index is 1.57. The molecule has 0 fully saturated rings. The van der Waals surface area contributed by atoms with Crippen LogP contribution in [0.2, 0.25) is 5.02 Å². The lowest BCUT2D eigenvalue weighted by Gasteiger charge is -2.54. The van der Waals surface area contributed by atoms with Crippen LogP contribution < -0.4 is 4.90 Å². The molecule has 40 heavy (non-hydrogen) atoms. The van der Waals surface area contributed by atoms with Gasteiger partial charge in [0, 0.05) is 28.2 Å². The number of hydrogen-bond donors (Lipinski definition) is 0. The molecule has 4 aromatic carbocycles. The fourth-order valence-electron chi connectivity index (χ4n) is 7.50. The van der Waals surface area contributed by atoms with Crippen molar-refractivity contribution in [1.29, 1.82) is 0 Å². The Bertz CT molecular complexity index is 1670. The summed E-state index contributed by atoms with van der Waals surface area (Å²) in [6.45, 7) is 5.60. The van der Waals surface area contributed by atoms with Crippen molar-refractivity contribution in [3.8, 4) is 0 Å². The van der Waals surface area contributed by atoms with Crippen molar-refractivity contribution in [1.82, 2.24) is 0 Å². The largest absolute Gasteiger partial charge is 0.360 e. The second-order valence-corrected chi connectivity index (χ2v) is 12.2. The van der Waals surface area contributed by atoms with Crippen molar-refractivity contribution >= 4 is 34.2 Å². The Hall–Kier alpha value is -3.88. The zero-order valence-corrected chi connectivity index (χ0v) is 23.7. The lowest BCUT2D eigenvalue weighted by Crippen LogP contribution is -2.63. The first-order chi connectivity index (χ1) is 19.4. The molecule has 0 saturated carbocycles. The van der Waals surface area contributed by atoms with Crippen LogP contribution in [0.4, 0.5) is 5.69 Å². The van der Waals surface area contributed by atoms with Crippen LogP contribution in [0.25, 0.3) is 11.1 Å². The number of carbonyl (C=O) groups excluding carboxylic acids is 1. The molecule has 4 aromatic rings. The number of rotatable bonds is 4. The quantitative estimate of drug-likeness (QED) is 0.241. The van der Waals surface area contributed by atoms with Gasteiger partial charge in [0.05, 0.1) is 11.5 Å². The SMILES string of the molecule is CC1(C)c2cccc3c2N(CCC3)[C@]12C=C(c1ccccc1)C=C(c1ccc(Cl)cc1)[C@H]2C(=O)c1ccccc1. The number of hydrogen-bond acceptors (Lipinski definition) is 2. The van der Waals surface area contributed by atoms with Gasteiger partial charge in [0.1, 0.15) is 0 Å². The predicted molar refractivity (Wildman–Crippen MR) is 166 cm³/mol. The lowest BCUT2D eigenvalue weighted by atomic mass is 9.57.